The quantitative estimate of drug-likeness (QED) is 0.523. The minimum Gasteiger partial charge on any atom is -0.458 e. The second-order valence-corrected chi connectivity index (χ2v) is 6.63. The third kappa shape index (κ3) is 4.00. The monoisotopic (exact) mass is 361 g/mol. The summed E-state index contributed by atoms with van der Waals surface area (Å²) >= 11 is 10.6. The van der Waals surface area contributed by atoms with Crippen molar-refractivity contribution in [2.24, 2.45) is 0 Å². The molecule has 0 atom stereocenters. The van der Waals surface area contributed by atoms with E-state index in [9.17, 15) is 0 Å². The predicted octanol–water partition coefficient (Wildman–Crippen LogP) is 5.46. The number of nitrogens with one attached hydrogen (secondary N) is 1. The molecule has 0 radical (unpaired) electrons. The van der Waals surface area contributed by atoms with Gasteiger partial charge in [0.1, 0.15) is 6.26 Å². The number of halogens is 1. The van der Waals surface area contributed by atoms with Crippen LogP contribution < -0.4 is 5.32 Å². The summed E-state index contributed by atoms with van der Waals surface area (Å²) in [5.41, 5.74) is 1.28. The van der Waals surface area contributed by atoms with Crippen LogP contribution >= 0.6 is 39.9 Å². The molecule has 0 amide bonds. The molecule has 0 aliphatic heterocycles. The lowest BCUT2D eigenvalue weighted by molar-refractivity contribution is 0.588. The average Bonchev–Trinajstić information content (AvgIpc) is 2.76. The first-order chi connectivity index (χ1) is 9.22. The third-order valence-electron chi connectivity index (χ3n) is 2.59. The molecule has 0 saturated carbocycles. The molecule has 0 aliphatic rings. The van der Waals surface area contributed by atoms with Crippen LogP contribution in [0.4, 0.5) is 5.88 Å². The molecule has 3 nitrogen and oxygen atoms in total. The molecule has 2 rings (SSSR count). The molecule has 6 heteroatoms. The number of hydrogen-bond acceptors (Lipinski definition) is 5. The Kier molecular flexibility index (Phi) is 5.78. The van der Waals surface area contributed by atoms with Crippen molar-refractivity contribution in [1.82, 2.24) is 0 Å². The van der Waals surface area contributed by atoms with Gasteiger partial charge in [0.2, 0.25) is 0 Å². The van der Waals surface area contributed by atoms with Gasteiger partial charge in [-0.2, -0.15) is 11.8 Å². The van der Waals surface area contributed by atoms with Gasteiger partial charge in [-0.3, -0.25) is 0 Å². The van der Waals surface area contributed by atoms with E-state index in [4.69, 9.17) is 21.1 Å². The molecule has 0 aliphatic carbocycles. The zero-order chi connectivity index (χ0) is 13.7. The Balaban J connectivity index is 1.94. The maximum atomic E-state index is 5.71. The van der Waals surface area contributed by atoms with Gasteiger partial charge in [0.25, 0.3) is 0 Å². The van der Waals surface area contributed by atoms with E-state index in [1.807, 2.05) is 11.8 Å². The molecule has 0 unspecified atom stereocenters. The standard InChI is InChI=1S/C13H16BrNO2S2/c1-2-3-5-19-6-4-15-11-7-10(18)13-12(17-11)9(14)8-16-13/h7-8,15H,2-6H2,1H3. The van der Waals surface area contributed by atoms with Crippen LogP contribution in [0.25, 0.3) is 11.2 Å². The van der Waals surface area contributed by atoms with Crippen LogP contribution in [0.5, 0.6) is 0 Å². The summed E-state index contributed by atoms with van der Waals surface area (Å²) in [6, 6.07) is 1.80. The molecular weight excluding hydrogens is 346 g/mol. The molecule has 0 fully saturated rings. The van der Waals surface area contributed by atoms with Gasteiger partial charge in [0, 0.05) is 18.4 Å². The van der Waals surface area contributed by atoms with Crippen molar-refractivity contribution >= 4 is 57.0 Å². The second kappa shape index (κ2) is 7.36. The Morgan fingerprint density at radius 2 is 2.21 bits per heavy atom. The minimum absolute atomic E-state index is 0.616. The van der Waals surface area contributed by atoms with Crippen LogP contribution in [0.15, 0.2) is 25.6 Å². The van der Waals surface area contributed by atoms with Gasteiger partial charge in [-0.1, -0.05) is 25.6 Å². The molecule has 0 spiro atoms. The maximum absolute atomic E-state index is 5.71. The van der Waals surface area contributed by atoms with Crippen molar-refractivity contribution in [3.05, 3.63) is 21.3 Å². The first-order valence-electron chi connectivity index (χ1n) is 6.25. The van der Waals surface area contributed by atoms with Gasteiger partial charge in [0.15, 0.2) is 17.1 Å². The van der Waals surface area contributed by atoms with Gasteiger partial charge in [0.05, 0.1) is 8.98 Å². The number of anilines is 1. The Labute approximate surface area is 130 Å². The topological polar surface area (TPSA) is 38.3 Å². The Morgan fingerprint density at radius 3 is 3.00 bits per heavy atom. The number of rotatable bonds is 7. The van der Waals surface area contributed by atoms with Gasteiger partial charge in [-0.15, -0.1) is 0 Å². The number of hydrogen-bond donors (Lipinski definition) is 1. The largest absolute Gasteiger partial charge is 0.458 e. The van der Waals surface area contributed by atoms with E-state index in [0.717, 1.165) is 16.8 Å². The van der Waals surface area contributed by atoms with Crippen LogP contribution in [-0.4, -0.2) is 18.1 Å². The SMILES string of the molecule is CCCCSCCNc1cc(=S)c2occ(Br)c2o1. The summed E-state index contributed by atoms with van der Waals surface area (Å²) in [5.74, 6) is 2.97. The molecule has 0 aromatic carbocycles. The van der Waals surface area contributed by atoms with Crippen LogP contribution in [0.2, 0.25) is 0 Å². The van der Waals surface area contributed by atoms with Gasteiger partial charge in [-0.05, 0) is 28.1 Å². The molecule has 1 N–H and O–H groups in total. The summed E-state index contributed by atoms with van der Waals surface area (Å²) in [7, 11) is 0. The Bertz CT molecular complexity index is 594. The summed E-state index contributed by atoms with van der Waals surface area (Å²) in [4.78, 5) is 0. The predicted molar refractivity (Wildman–Crippen MR) is 87.7 cm³/mol. The van der Waals surface area contributed by atoms with Crippen molar-refractivity contribution in [3.8, 4) is 0 Å². The zero-order valence-electron chi connectivity index (χ0n) is 10.7. The van der Waals surface area contributed by atoms with E-state index in [-0.39, 0.29) is 0 Å². The minimum atomic E-state index is 0.616. The van der Waals surface area contributed by atoms with Crippen LogP contribution in [0, 0.1) is 4.51 Å². The maximum Gasteiger partial charge on any atom is 0.195 e. The van der Waals surface area contributed by atoms with E-state index in [1.54, 1.807) is 12.3 Å². The lowest BCUT2D eigenvalue weighted by Gasteiger charge is -2.05. The third-order valence-corrected chi connectivity index (χ3v) is 4.51. The summed E-state index contributed by atoms with van der Waals surface area (Å²) in [6.07, 6.45) is 4.12. The number of thioether (sulfide) groups is 1. The normalized spacial score (nSPS) is 11.1. The van der Waals surface area contributed by atoms with Crippen LogP contribution in [0.3, 0.4) is 0 Å². The van der Waals surface area contributed by atoms with E-state index in [0.29, 0.717) is 21.6 Å². The first-order valence-corrected chi connectivity index (χ1v) is 8.60. The van der Waals surface area contributed by atoms with Crippen LogP contribution in [0.1, 0.15) is 19.8 Å². The molecule has 2 heterocycles. The molecule has 2 aromatic rings. The number of unbranched alkanes of at least 4 members (excludes halogenated alkanes) is 1. The van der Waals surface area contributed by atoms with Gasteiger partial charge < -0.3 is 14.2 Å². The highest BCUT2D eigenvalue weighted by molar-refractivity contribution is 9.10. The van der Waals surface area contributed by atoms with E-state index in [1.165, 1.54) is 18.6 Å². The van der Waals surface area contributed by atoms with Gasteiger partial charge in [-0.25, -0.2) is 0 Å². The highest BCUT2D eigenvalue weighted by Gasteiger charge is 2.09. The molecule has 0 saturated heterocycles. The van der Waals surface area contributed by atoms with E-state index in [2.05, 4.69) is 28.2 Å². The Morgan fingerprint density at radius 1 is 1.37 bits per heavy atom. The fourth-order valence-electron chi connectivity index (χ4n) is 1.60. The highest BCUT2D eigenvalue weighted by Crippen LogP contribution is 2.29. The number of fused-ring (bicyclic) bond motifs is 1. The smallest absolute Gasteiger partial charge is 0.195 e. The summed E-state index contributed by atoms with van der Waals surface area (Å²) < 4.78 is 12.5. The summed E-state index contributed by atoms with van der Waals surface area (Å²) in [6.45, 7) is 3.08. The average molecular weight is 362 g/mol. The van der Waals surface area contributed by atoms with Gasteiger partial charge >= 0.3 is 0 Å². The summed E-state index contributed by atoms with van der Waals surface area (Å²) in [5, 5.41) is 3.25. The van der Waals surface area contributed by atoms with Crippen molar-refractivity contribution in [2.45, 2.75) is 19.8 Å². The second-order valence-electron chi connectivity index (χ2n) is 4.11. The fraction of sp³-hybridized carbons (Fsp3) is 0.462. The molecule has 19 heavy (non-hydrogen) atoms. The molecule has 0 bridgehead atoms. The van der Waals surface area contributed by atoms with Crippen molar-refractivity contribution < 1.29 is 8.83 Å². The van der Waals surface area contributed by atoms with Crippen molar-refractivity contribution in [3.63, 3.8) is 0 Å². The number of furan rings is 1. The van der Waals surface area contributed by atoms with Crippen LogP contribution in [-0.2, 0) is 0 Å². The molecular formula is C13H16BrNO2S2. The lowest BCUT2D eigenvalue weighted by Crippen LogP contribution is -2.04. The van der Waals surface area contributed by atoms with E-state index < -0.39 is 0 Å². The van der Waals surface area contributed by atoms with Crippen molar-refractivity contribution in [1.29, 1.82) is 0 Å². The highest BCUT2D eigenvalue weighted by atomic mass is 79.9. The Hall–Kier alpha value is -0.460. The molecule has 104 valence electrons. The zero-order valence-corrected chi connectivity index (χ0v) is 13.9. The fourth-order valence-corrected chi connectivity index (χ4v) is 3.14. The van der Waals surface area contributed by atoms with E-state index >= 15 is 0 Å². The lowest BCUT2D eigenvalue weighted by atomic mass is 10.4. The van der Waals surface area contributed by atoms with Crippen molar-refractivity contribution in [2.75, 3.05) is 23.4 Å². The molecule has 2 aromatic heterocycles. The first kappa shape index (κ1) is 14.9.